The van der Waals surface area contributed by atoms with E-state index < -0.39 is 6.03 Å². The number of nitrogens with zero attached hydrogens (tertiary/aromatic N) is 5. The number of carbonyl (C=O) groups is 1. The molecule has 0 spiro atoms. The summed E-state index contributed by atoms with van der Waals surface area (Å²) in [6.45, 7) is 0. The van der Waals surface area contributed by atoms with Crippen molar-refractivity contribution in [3.8, 4) is 22.4 Å². The number of anilines is 2. The maximum absolute atomic E-state index is 12.7. The monoisotopic (exact) mass is 568 g/mol. The first-order chi connectivity index (χ1) is 18.0. The molecule has 3 aromatic carbocycles. The summed E-state index contributed by atoms with van der Waals surface area (Å²) in [5.41, 5.74) is 5.82. The second-order valence-corrected chi connectivity index (χ2v) is 11.9. The molecule has 1 atom stereocenters. The third-order valence-corrected chi connectivity index (χ3v) is 9.06. The molecule has 5 aromatic rings. The van der Waals surface area contributed by atoms with Gasteiger partial charge in [0, 0.05) is 5.69 Å². The van der Waals surface area contributed by atoms with E-state index in [0.29, 0.717) is 15.7 Å². The van der Waals surface area contributed by atoms with E-state index in [9.17, 15) is 4.79 Å². The number of carbonyl (C=O) groups excluding carboxylic acids is 1. The van der Waals surface area contributed by atoms with Crippen LogP contribution in [0.5, 0.6) is 0 Å². The van der Waals surface area contributed by atoms with Crippen LogP contribution < -0.4 is 9.62 Å². The topological polar surface area (TPSA) is 75.4 Å². The first-order valence-electron chi connectivity index (χ1n) is 12.1. The molecule has 2 heterocycles. The Hall–Kier alpha value is -3.61. The fourth-order valence-electron chi connectivity index (χ4n) is 4.54. The van der Waals surface area contributed by atoms with Crippen molar-refractivity contribution in [1.82, 2.24) is 19.6 Å². The van der Waals surface area contributed by atoms with Crippen LogP contribution in [0.15, 0.2) is 91.1 Å². The van der Waals surface area contributed by atoms with Crippen LogP contribution in [0.4, 0.5) is 16.4 Å². The number of hydrogen-bond acceptors (Lipinski definition) is 5. The minimum absolute atomic E-state index is 0.135. The molecule has 9 heteroatoms. The summed E-state index contributed by atoms with van der Waals surface area (Å²) in [6.07, 6.45) is 5.72. The number of nitrogens with one attached hydrogen (secondary N) is 1. The van der Waals surface area contributed by atoms with E-state index in [2.05, 4.69) is 64.6 Å². The molecule has 0 bridgehead atoms. The van der Waals surface area contributed by atoms with Crippen LogP contribution >= 0.6 is 12.8 Å². The molecule has 1 N–H and O–H groups in total. The molecule has 37 heavy (non-hydrogen) atoms. The van der Waals surface area contributed by atoms with Crippen molar-refractivity contribution in [2.75, 3.05) is 9.62 Å². The summed E-state index contributed by atoms with van der Waals surface area (Å²) >= 11 is 6.17. The first kappa shape index (κ1) is 23.8. The Morgan fingerprint density at radius 3 is 2.24 bits per heavy atom. The second-order valence-electron chi connectivity index (χ2n) is 9.22. The molecule has 1 unspecified atom stereocenters. The number of amides is 2. The molecular weight excluding hydrogens is 543 g/mol. The van der Waals surface area contributed by atoms with Crippen molar-refractivity contribution in [2.24, 2.45) is 0 Å². The predicted octanol–water partition coefficient (Wildman–Crippen LogP) is 5.35. The van der Waals surface area contributed by atoms with Gasteiger partial charge in [0.05, 0.1) is 0 Å². The average Bonchev–Trinajstić information content (AvgIpc) is 3.35. The first-order valence-corrected chi connectivity index (χ1v) is 13.7. The van der Waals surface area contributed by atoms with E-state index >= 15 is 0 Å². The van der Waals surface area contributed by atoms with E-state index in [1.165, 1.54) is 24.8 Å². The predicted molar refractivity (Wildman–Crippen MR) is 153 cm³/mol. The molecule has 1 aliphatic carbocycles. The summed E-state index contributed by atoms with van der Waals surface area (Å²) in [4.78, 5) is 22.1. The van der Waals surface area contributed by atoms with E-state index in [-0.39, 0.29) is 5.95 Å². The number of aromatic nitrogens is 4. The molecule has 0 radical (unpaired) electrons. The van der Waals surface area contributed by atoms with E-state index in [1.54, 1.807) is 16.6 Å². The Balaban J connectivity index is 1.38. The van der Waals surface area contributed by atoms with Crippen molar-refractivity contribution in [3.63, 3.8) is 0 Å². The fraction of sp³-hybridized carbons (Fsp3) is 0.143. The van der Waals surface area contributed by atoms with E-state index in [0.717, 1.165) is 26.7 Å². The zero-order valence-electron chi connectivity index (χ0n) is 20.0. The number of fused-ring (bicyclic) bond motifs is 1. The Morgan fingerprint density at radius 2 is 1.59 bits per heavy atom. The molecule has 1 fully saturated rings. The van der Waals surface area contributed by atoms with Crippen molar-refractivity contribution in [2.45, 2.75) is 23.5 Å². The summed E-state index contributed by atoms with van der Waals surface area (Å²) in [7, 11) is 0. The number of para-hydroxylation sites is 1. The molecule has 1 saturated carbocycles. The number of thiol groups is 1. The Bertz CT molecular complexity index is 1570. The van der Waals surface area contributed by atoms with Crippen LogP contribution in [0.3, 0.4) is 0 Å². The van der Waals surface area contributed by atoms with Gasteiger partial charge in [-0.25, -0.2) is 4.79 Å². The van der Waals surface area contributed by atoms with Crippen molar-refractivity contribution < 1.29 is 4.79 Å². The van der Waals surface area contributed by atoms with E-state index in [1.807, 2.05) is 59.4 Å². The van der Waals surface area contributed by atoms with Crippen LogP contribution in [-0.4, -0.2) is 42.5 Å². The van der Waals surface area contributed by atoms with Gasteiger partial charge in [-0.2, -0.15) is 0 Å². The maximum atomic E-state index is 12.7. The Morgan fingerprint density at radius 1 is 0.919 bits per heavy atom. The van der Waals surface area contributed by atoms with Gasteiger partial charge in [0.1, 0.15) is 0 Å². The molecule has 0 aliphatic heterocycles. The zero-order chi connectivity index (χ0) is 25.4. The van der Waals surface area contributed by atoms with Gasteiger partial charge in [-0.1, -0.05) is 18.2 Å². The van der Waals surface area contributed by atoms with Crippen LogP contribution in [0, 0.1) is 0 Å². The van der Waals surface area contributed by atoms with Crippen LogP contribution in [0.1, 0.15) is 24.8 Å². The summed E-state index contributed by atoms with van der Waals surface area (Å²) in [5.74, 6) is 0.519. The zero-order valence-corrected chi connectivity index (χ0v) is 23.3. The third-order valence-electron chi connectivity index (χ3n) is 6.79. The van der Waals surface area contributed by atoms with Crippen molar-refractivity contribution in [1.29, 1.82) is 0 Å². The quantitative estimate of drug-likeness (QED) is 0.221. The fourth-order valence-corrected chi connectivity index (χ4v) is 5.94. The summed E-state index contributed by atoms with van der Waals surface area (Å²) in [5, 5.41) is 7.28. The van der Waals surface area contributed by atoms with Gasteiger partial charge in [-0.15, -0.1) is 0 Å². The van der Waals surface area contributed by atoms with Gasteiger partial charge in [-0.3, -0.25) is 0 Å². The van der Waals surface area contributed by atoms with Gasteiger partial charge in [0.25, 0.3) is 0 Å². The number of rotatable bonds is 5. The standard InChI is InChI=1S/C28H25AsN6OS/c29-28(16-7-17-28)21-14-12-20(13-15-21)24-23(19-8-3-1-4-9-19)18-34-25(31-24)32-26(33-34)35(37)27(36)30-22-10-5-2-6-11-22/h1-6,8-15,18,37H,7,16-17,29H2,(H,30,36). The summed E-state index contributed by atoms with van der Waals surface area (Å²) in [6, 6.07) is 27.6. The van der Waals surface area contributed by atoms with Crippen LogP contribution in [-0.2, 0) is 4.20 Å². The van der Waals surface area contributed by atoms with Gasteiger partial charge in [0.15, 0.2) is 0 Å². The summed E-state index contributed by atoms with van der Waals surface area (Å²) < 4.78 is 3.01. The van der Waals surface area contributed by atoms with Gasteiger partial charge < -0.3 is 5.32 Å². The number of hydrogen-bond donors (Lipinski definition) is 2. The molecule has 2 amide bonds. The molecular formula is C28H25AsN6OS. The Kier molecular flexibility index (Phi) is 6.22. The molecule has 6 rings (SSSR count). The second kappa shape index (κ2) is 9.69. The molecule has 1 aliphatic rings. The molecule has 184 valence electrons. The van der Waals surface area contributed by atoms with Crippen LogP contribution in [0.25, 0.3) is 28.2 Å². The Labute approximate surface area is 229 Å². The number of benzene rings is 3. The molecule has 2 aromatic heterocycles. The number of urea groups is 1. The third kappa shape index (κ3) is 4.63. The molecule has 7 nitrogen and oxygen atoms in total. The van der Waals surface area contributed by atoms with Gasteiger partial charge in [0.2, 0.25) is 0 Å². The minimum atomic E-state index is -0.462. The van der Waals surface area contributed by atoms with Crippen LogP contribution in [0.2, 0.25) is 0 Å². The normalized spacial score (nSPS) is 14.2. The van der Waals surface area contributed by atoms with Crippen molar-refractivity contribution >= 4 is 53.1 Å². The SMILES string of the molecule is O=C(Nc1ccccc1)N(S)c1nc2nc(-c3ccc(C4([AsH2])CCC4)cc3)c(-c3ccccc3)cn2n1. The van der Waals surface area contributed by atoms with E-state index in [4.69, 9.17) is 4.98 Å². The van der Waals surface area contributed by atoms with Gasteiger partial charge in [-0.05, 0) is 12.1 Å². The van der Waals surface area contributed by atoms with Gasteiger partial charge >= 0.3 is 184 Å². The molecule has 0 saturated heterocycles. The average molecular weight is 569 g/mol. The van der Waals surface area contributed by atoms with Crippen molar-refractivity contribution in [3.05, 3.63) is 96.7 Å².